The predicted octanol–water partition coefficient (Wildman–Crippen LogP) is 3.34. The van der Waals surface area contributed by atoms with Gasteiger partial charge in [-0.3, -0.25) is 4.79 Å². The van der Waals surface area contributed by atoms with Crippen LogP contribution in [0.1, 0.15) is 16.7 Å². The Kier molecular flexibility index (Phi) is 5.62. The second-order valence-corrected chi connectivity index (χ2v) is 5.45. The highest BCUT2D eigenvalue weighted by Crippen LogP contribution is 2.24. The van der Waals surface area contributed by atoms with Crippen molar-refractivity contribution >= 4 is 29.1 Å². The maximum atomic E-state index is 12.0. The number of benzene rings is 2. The Bertz CT molecular complexity index is 624. The molecule has 2 N–H and O–H groups in total. The van der Waals surface area contributed by atoms with E-state index < -0.39 is 0 Å². The summed E-state index contributed by atoms with van der Waals surface area (Å²) in [4.78, 5) is 12.0. The summed E-state index contributed by atoms with van der Waals surface area (Å²) in [6, 6.07) is 12.6. The fourth-order valence-electron chi connectivity index (χ4n) is 1.96. The summed E-state index contributed by atoms with van der Waals surface area (Å²) in [5.41, 5.74) is 2.37. The van der Waals surface area contributed by atoms with Crippen LogP contribution in [0, 0.1) is 0 Å². The van der Waals surface area contributed by atoms with Crippen LogP contribution in [0.5, 0.6) is 0 Å². The molecule has 0 radical (unpaired) electrons. The first-order chi connectivity index (χ1) is 10.1. The van der Waals surface area contributed by atoms with Gasteiger partial charge in [0, 0.05) is 16.6 Å². The molecular formula is C16H15Cl2NO2. The van der Waals surface area contributed by atoms with E-state index in [4.69, 9.17) is 28.3 Å². The fourth-order valence-corrected chi connectivity index (χ4v) is 2.49. The lowest BCUT2D eigenvalue weighted by molar-refractivity contribution is -0.120. The number of rotatable bonds is 5. The van der Waals surface area contributed by atoms with Crippen molar-refractivity contribution < 1.29 is 9.90 Å². The van der Waals surface area contributed by atoms with Crippen molar-refractivity contribution in [2.45, 2.75) is 19.6 Å². The van der Waals surface area contributed by atoms with E-state index in [2.05, 4.69) is 5.32 Å². The molecule has 0 saturated heterocycles. The van der Waals surface area contributed by atoms with E-state index in [0.29, 0.717) is 22.2 Å². The van der Waals surface area contributed by atoms with Gasteiger partial charge in [-0.05, 0) is 28.8 Å². The standard InChI is InChI=1S/C16H15Cl2NO2/c17-14-5-2-6-15(18)13(14)8-16(21)19-9-11-3-1-4-12(7-11)10-20/h1-7,20H,8-10H2,(H,19,21). The van der Waals surface area contributed by atoms with Crippen LogP contribution in [0.3, 0.4) is 0 Å². The zero-order valence-electron chi connectivity index (χ0n) is 11.3. The largest absolute Gasteiger partial charge is 0.392 e. The Morgan fingerprint density at radius 3 is 2.33 bits per heavy atom. The number of amides is 1. The van der Waals surface area contributed by atoms with Crippen LogP contribution in [0.15, 0.2) is 42.5 Å². The fraction of sp³-hybridized carbons (Fsp3) is 0.188. The van der Waals surface area contributed by atoms with Crippen molar-refractivity contribution in [2.75, 3.05) is 0 Å². The molecule has 3 nitrogen and oxygen atoms in total. The lowest BCUT2D eigenvalue weighted by Crippen LogP contribution is -2.24. The van der Waals surface area contributed by atoms with E-state index in [-0.39, 0.29) is 18.9 Å². The van der Waals surface area contributed by atoms with Crippen LogP contribution in [0.25, 0.3) is 0 Å². The van der Waals surface area contributed by atoms with Crippen LogP contribution >= 0.6 is 23.2 Å². The molecule has 0 fully saturated rings. The van der Waals surface area contributed by atoms with Gasteiger partial charge < -0.3 is 10.4 Å². The minimum atomic E-state index is -0.153. The van der Waals surface area contributed by atoms with E-state index in [1.807, 2.05) is 24.3 Å². The Balaban J connectivity index is 1.96. The molecule has 1 amide bonds. The van der Waals surface area contributed by atoms with Gasteiger partial charge in [0.05, 0.1) is 13.0 Å². The molecule has 2 rings (SSSR count). The molecule has 0 aliphatic rings. The number of nitrogens with one attached hydrogen (secondary N) is 1. The molecule has 21 heavy (non-hydrogen) atoms. The van der Waals surface area contributed by atoms with Gasteiger partial charge in [0.2, 0.25) is 5.91 Å². The topological polar surface area (TPSA) is 49.3 Å². The molecule has 0 aliphatic carbocycles. The van der Waals surface area contributed by atoms with Crippen molar-refractivity contribution in [1.82, 2.24) is 5.32 Å². The van der Waals surface area contributed by atoms with E-state index in [0.717, 1.165) is 11.1 Å². The Morgan fingerprint density at radius 1 is 1.05 bits per heavy atom. The van der Waals surface area contributed by atoms with E-state index in [1.54, 1.807) is 18.2 Å². The van der Waals surface area contributed by atoms with Gasteiger partial charge in [-0.25, -0.2) is 0 Å². The zero-order chi connectivity index (χ0) is 15.2. The zero-order valence-corrected chi connectivity index (χ0v) is 12.8. The third-order valence-electron chi connectivity index (χ3n) is 3.06. The second kappa shape index (κ2) is 7.46. The lowest BCUT2D eigenvalue weighted by Gasteiger charge is -2.09. The Labute approximate surface area is 133 Å². The highest BCUT2D eigenvalue weighted by atomic mass is 35.5. The van der Waals surface area contributed by atoms with E-state index in [1.165, 1.54) is 0 Å². The summed E-state index contributed by atoms with van der Waals surface area (Å²) < 4.78 is 0. The number of carbonyl (C=O) groups excluding carboxylic acids is 1. The molecule has 0 aliphatic heterocycles. The molecule has 0 unspecified atom stereocenters. The van der Waals surface area contributed by atoms with Crippen LogP contribution in [-0.2, 0) is 24.4 Å². The molecule has 0 heterocycles. The second-order valence-electron chi connectivity index (χ2n) is 4.63. The molecule has 0 aromatic heterocycles. The highest BCUT2D eigenvalue weighted by molar-refractivity contribution is 6.36. The van der Waals surface area contributed by atoms with Crippen molar-refractivity contribution in [2.24, 2.45) is 0 Å². The number of hydrogen-bond donors (Lipinski definition) is 2. The van der Waals surface area contributed by atoms with Gasteiger partial charge in [0.15, 0.2) is 0 Å². The van der Waals surface area contributed by atoms with Gasteiger partial charge in [-0.15, -0.1) is 0 Å². The maximum Gasteiger partial charge on any atom is 0.224 e. The number of aliphatic hydroxyl groups is 1. The minimum absolute atomic E-state index is 0.0168. The maximum absolute atomic E-state index is 12.0. The first kappa shape index (κ1) is 15.8. The monoisotopic (exact) mass is 323 g/mol. The van der Waals surface area contributed by atoms with Crippen molar-refractivity contribution in [3.63, 3.8) is 0 Å². The van der Waals surface area contributed by atoms with Crippen LogP contribution in [0.4, 0.5) is 0 Å². The summed E-state index contributed by atoms with van der Waals surface area (Å²) in [6.07, 6.45) is 0.137. The van der Waals surface area contributed by atoms with Crippen LogP contribution < -0.4 is 5.32 Å². The van der Waals surface area contributed by atoms with E-state index >= 15 is 0 Å². The SMILES string of the molecule is O=C(Cc1c(Cl)cccc1Cl)NCc1cccc(CO)c1. The van der Waals surface area contributed by atoms with Crippen molar-refractivity contribution in [3.8, 4) is 0 Å². The minimum Gasteiger partial charge on any atom is -0.392 e. The van der Waals surface area contributed by atoms with Gasteiger partial charge >= 0.3 is 0 Å². The van der Waals surface area contributed by atoms with Crippen LogP contribution in [-0.4, -0.2) is 11.0 Å². The smallest absolute Gasteiger partial charge is 0.224 e. The highest BCUT2D eigenvalue weighted by Gasteiger charge is 2.10. The quantitative estimate of drug-likeness (QED) is 0.886. The summed E-state index contributed by atoms with van der Waals surface area (Å²) in [7, 11) is 0. The average Bonchev–Trinajstić information content (AvgIpc) is 2.49. The summed E-state index contributed by atoms with van der Waals surface area (Å²) in [5.74, 6) is -0.153. The Morgan fingerprint density at radius 2 is 1.67 bits per heavy atom. The molecule has 110 valence electrons. The summed E-state index contributed by atoms with van der Waals surface area (Å²) in [5, 5.41) is 12.9. The third kappa shape index (κ3) is 4.46. The summed E-state index contributed by atoms with van der Waals surface area (Å²) >= 11 is 12.1. The predicted molar refractivity (Wildman–Crippen MR) is 84.4 cm³/mol. The first-order valence-corrected chi connectivity index (χ1v) is 7.24. The number of carbonyl (C=O) groups is 1. The lowest BCUT2D eigenvalue weighted by atomic mass is 10.1. The Hall–Kier alpha value is -1.55. The number of aliphatic hydroxyl groups excluding tert-OH is 1. The van der Waals surface area contributed by atoms with E-state index in [9.17, 15) is 4.79 Å². The van der Waals surface area contributed by atoms with Gasteiger partial charge in [-0.1, -0.05) is 53.5 Å². The normalized spacial score (nSPS) is 10.4. The van der Waals surface area contributed by atoms with Crippen molar-refractivity contribution in [3.05, 3.63) is 69.2 Å². The molecular weight excluding hydrogens is 309 g/mol. The molecule has 2 aromatic carbocycles. The van der Waals surface area contributed by atoms with Gasteiger partial charge in [0.1, 0.15) is 0 Å². The first-order valence-electron chi connectivity index (χ1n) is 6.48. The summed E-state index contributed by atoms with van der Waals surface area (Å²) in [6.45, 7) is 0.381. The molecule has 2 aromatic rings. The molecule has 0 saturated carbocycles. The molecule has 0 spiro atoms. The average molecular weight is 324 g/mol. The molecule has 0 atom stereocenters. The number of hydrogen-bond acceptors (Lipinski definition) is 2. The molecule has 5 heteroatoms. The van der Waals surface area contributed by atoms with Crippen molar-refractivity contribution in [1.29, 1.82) is 0 Å². The van der Waals surface area contributed by atoms with Gasteiger partial charge in [0.25, 0.3) is 0 Å². The third-order valence-corrected chi connectivity index (χ3v) is 3.77. The van der Waals surface area contributed by atoms with Gasteiger partial charge in [-0.2, -0.15) is 0 Å². The van der Waals surface area contributed by atoms with Crippen LogP contribution in [0.2, 0.25) is 10.0 Å². The number of halogens is 2. The molecule has 0 bridgehead atoms.